The quantitative estimate of drug-likeness (QED) is 0.551. The van der Waals surface area contributed by atoms with Crippen molar-refractivity contribution in [1.29, 1.82) is 0 Å². The highest BCUT2D eigenvalue weighted by atomic mass is 15.1. The van der Waals surface area contributed by atoms with Gasteiger partial charge < -0.3 is 4.90 Å². The molecule has 0 spiro atoms. The first-order valence-corrected chi connectivity index (χ1v) is 4.39. The van der Waals surface area contributed by atoms with Crippen molar-refractivity contribution in [1.82, 2.24) is 4.90 Å². The van der Waals surface area contributed by atoms with Crippen LogP contribution in [0.25, 0.3) is 0 Å². The van der Waals surface area contributed by atoms with Crippen molar-refractivity contribution >= 4 is 0 Å². The van der Waals surface area contributed by atoms with Crippen LogP contribution in [-0.4, -0.2) is 25.0 Å². The number of likely N-dealkylation sites (N-methyl/N-ethyl adjacent to an activating group) is 1. The van der Waals surface area contributed by atoms with Gasteiger partial charge in [-0.15, -0.1) is 0 Å². The van der Waals surface area contributed by atoms with Gasteiger partial charge in [-0.25, -0.2) is 0 Å². The molecule has 1 heteroatoms. The van der Waals surface area contributed by atoms with Crippen LogP contribution < -0.4 is 0 Å². The number of hydrogen-bond acceptors (Lipinski definition) is 1. The van der Waals surface area contributed by atoms with E-state index in [-0.39, 0.29) is 0 Å². The molecule has 1 atom stereocenters. The van der Waals surface area contributed by atoms with Gasteiger partial charge in [0.2, 0.25) is 0 Å². The van der Waals surface area contributed by atoms with Crippen LogP contribution in [0, 0.1) is 5.92 Å². The number of rotatable bonds is 5. The third-order valence-electron chi connectivity index (χ3n) is 1.86. The zero-order valence-corrected chi connectivity index (χ0v) is 8.35. The van der Waals surface area contributed by atoms with E-state index in [2.05, 4.69) is 39.3 Å². The Morgan fingerprint density at radius 1 is 1.55 bits per heavy atom. The smallest absolute Gasteiger partial charge is 0.0184 e. The van der Waals surface area contributed by atoms with Crippen LogP contribution in [0.2, 0.25) is 0 Å². The fourth-order valence-corrected chi connectivity index (χ4v) is 1.19. The maximum absolute atomic E-state index is 3.89. The Balaban J connectivity index is 3.51. The van der Waals surface area contributed by atoms with E-state index in [4.69, 9.17) is 0 Å². The molecule has 0 fully saturated rings. The van der Waals surface area contributed by atoms with Gasteiger partial charge in [0.1, 0.15) is 0 Å². The molecule has 0 amide bonds. The summed E-state index contributed by atoms with van der Waals surface area (Å²) >= 11 is 0. The second kappa shape index (κ2) is 5.36. The Hall–Kier alpha value is -0.300. The molecule has 1 unspecified atom stereocenters. The summed E-state index contributed by atoms with van der Waals surface area (Å²) < 4.78 is 0. The highest BCUT2D eigenvalue weighted by Crippen LogP contribution is 2.03. The average molecular weight is 155 g/mol. The summed E-state index contributed by atoms with van der Waals surface area (Å²) in [5.74, 6) is 0.805. The third-order valence-corrected chi connectivity index (χ3v) is 1.86. The zero-order valence-electron chi connectivity index (χ0n) is 8.35. The Labute approximate surface area is 71.1 Å². The molecule has 0 aliphatic heterocycles. The first-order valence-electron chi connectivity index (χ1n) is 4.39. The highest BCUT2D eigenvalue weighted by Gasteiger charge is 2.03. The van der Waals surface area contributed by atoms with Gasteiger partial charge in [-0.3, -0.25) is 0 Å². The van der Waals surface area contributed by atoms with Crippen LogP contribution in [0.1, 0.15) is 27.2 Å². The summed E-state index contributed by atoms with van der Waals surface area (Å²) in [5.41, 5.74) is 1.25. The highest BCUT2D eigenvalue weighted by molar-refractivity contribution is 4.91. The van der Waals surface area contributed by atoms with Gasteiger partial charge in [0.15, 0.2) is 0 Å². The van der Waals surface area contributed by atoms with Gasteiger partial charge in [0.25, 0.3) is 0 Å². The summed E-state index contributed by atoms with van der Waals surface area (Å²) in [5, 5.41) is 0. The maximum Gasteiger partial charge on any atom is 0.0184 e. The summed E-state index contributed by atoms with van der Waals surface area (Å²) in [6.07, 6.45) is 1.26. The second-order valence-electron chi connectivity index (χ2n) is 3.67. The standard InChI is InChI=1S/C10H21N/c1-6-10(4)8-11(5)7-9(2)3/h10H,2,6-8H2,1,3-5H3. The molecule has 0 radical (unpaired) electrons. The van der Waals surface area contributed by atoms with Crippen LogP contribution in [0.3, 0.4) is 0 Å². The summed E-state index contributed by atoms with van der Waals surface area (Å²) in [6.45, 7) is 12.7. The molecule has 1 nitrogen and oxygen atoms in total. The van der Waals surface area contributed by atoms with E-state index in [0.29, 0.717) is 0 Å². The van der Waals surface area contributed by atoms with Crippen LogP contribution in [0.15, 0.2) is 12.2 Å². The summed E-state index contributed by atoms with van der Waals surface area (Å²) in [6, 6.07) is 0. The molecular formula is C10H21N. The Kier molecular flexibility index (Phi) is 5.22. The molecule has 0 aliphatic rings. The van der Waals surface area contributed by atoms with Gasteiger partial charge in [-0.2, -0.15) is 0 Å². The molecule has 0 N–H and O–H groups in total. The van der Waals surface area contributed by atoms with Crippen LogP contribution in [0.5, 0.6) is 0 Å². The normalized spacial score (nSPS) is 13.5. The third kappa shape index (κ3) is 6.11. The predicted octanol–water partition coefficient (Wildman–Crippen LogP) is 2.54. The zero-order chi connectivity index (χ0) is 8.85. The van der Waals surface area contributed by atoms with Crippen molar-refractivity contribution in [2.75, 3.05) is 20.1 Å². The second-order valence-corrected chi connectivity index (χ2v) is 3.67. The average Bonchev–Trinajstić information content (AvgIpc) is 1.85. The minimum absolute atomic E-state index is 0.805. The molecule has 11 heavy (non-hydrogen) atoms. The minimum Gasteiger partial charge on any atom is -0.302 e. The van der Waals surface area contributed by atoms with E-state index in [0.717, 1.165) is 12.5 Å². The van der Waals surface area contributed by atoms with E-state index in [1.54, 1.807) is 0 Å². The maximum atomic E-state index is 3.89. The fourth-order valence-electron chi connectivity index (χ4n) is 1.19. The molecular weight excluding hydrogens is 134 g/mol. The molecule has 0 rings (SSSR count). The molecule has 0 aromatic carbocycles. The molecule has 0 aromatic heterocycles. The van der Waals surface area contributed by atoms with E-state index in [1.165, 1.54) is 18.5 Å². The van der Waals surface area contributed by atoms with Crippen molar-refractivity contribution in [3.63, 3.8) is 0 Å². The van der Waals surface area contributed by atoms with E-state index < -0.39 is 0 Å². The van der Waals surface area contributed by atoms with Crippen LogP contribution in [0.4, 0.5) is 0 Å². The van der Waals surface area contributed by atoms with Gasteiger partial charge in [-0.1, -0.05) is 32.4 Å². The summed E-state index contributed by atoms with van der Waals surface area (Å²) in [4.78, 5) is 2.33. The lowest BCUT2D eigenvalue weighted by atomic mass is 10.1. The topological polar surface area (TPSA) is 3.24 Å². The lowest BCUT2D eigenvalue weighted by molar-refractivity contribution is 0.302. The first-order chi connectivity index (χ1) is 5.06. The molecule has 0 heterocycles. The molecule has 0 saturated carbocycles. The summed E-state index contributed by atoms with van der Waals surface area (Å²) in [7, 11) is 2.15. The van der Waals surface area contributed by atoms with Crippen molar-refractivity contribution in [3.05, 3.63) is 12.2 Å². The SMILES string of the molecule is C=C(C)CN(C)CC(C)CC. The van der Waals surface area contributed by atoms with Gasteiger partial charge >= 0.3 is 0 Å². The number of nitrogens with zero attached hydrogens (tertiary/aromatic N) is 1. The van der Waals surface area contributed by atoms with E-state index in [9.17, 15) is 0 Å². The lowest BCUT2D eigenvalue weighted by Crippen LogP contribution is -2.25. The molecule has 66 valence electrons. The van der Waals surface area contributed by atoms with E-state index in [1.807, 2.05) is 0 Å². The lowest BCUT2D eigenvalue weighted by Gasteiger charge is -2.20. The van der Waals surface area contributed by atoms with Gasteiger partial charge in [0, 0.05) is 13.1 Å². The van der Waals surface area contributed by atoms with Gasteiger partial charge in [0.05, 0.1) is 0 Å². The molecule has 0 bridgehead atoms. The molecule has 0 aromatic rings. The first kappa shape index (κ1) is 10.7. The van der Waals surface area contributed by atoms with Crippen LogP contribution >= 0.6 is 0 Å². The monoisotopic (exact) mass is 155 g/mol. The van der Waals surface area contributed by atoms with Crippen molar-refractivity contribution in [2.45, 2.75) is 27.2 Å². The minimum atomic E-state index is 0.805. The molecule has 0 saturated heterocycles. The Morgan fingerprint density at radius 2 is 2.09 bits per heavy atom. The van der Waals surface area contributed by atoms with Crippen molar-refractivity contribution in [3.8, 4) is 0 Å². The fraction of sp³-hybridized carbons (Fsp3) is 0.800. The predicted molar refractivity (Wildman–Crippen MR) is 51.8 cm³/mol. The van der Waals surface area contributed by atoms with Crippen LogP contribution in [-0.2, 0) is 0 Å². The van der Waals surface area contributed by atoms with Crippen molar-refractivity contribution in [2.24, 2.45) is 5.92 Å². The Morgan fingerprint density at radius 3 is 2.45 bits per heavy atom. The Bertz CT molecular complexity index is 118. The van der Waals surface area contributed by atoms with Gasteiger partial charge in [-0.05, 0) is 19.9 Å². The molecule has 0 aliphatic carbocycles. The van der Waals surface area contributed by atoms with Crippen molar-refractivity contribution < 1.29 is 0 Å². The number of hydrogen-bond donors (Lipinski definition) is 0. The largest absolute Gasteiger partial charge is 0.302 e. The van der Waals surface area contributed by atoms with E-state index >= 15 is 0 Å².